The topological polar surface area (TPSA) is 34.5 Å². The van der Waals surface area contributed by atoms with Gasteiger partial charge in [-0.1, -0.05) is 38.0 Å². The summed E-state index contributed by atoms with van der Waals surface area (Å²) in [5.74, 6) is 0.398. The highest BCUT2D eigenvalue weighted by atomic mass is 16.5. The molecule has 2 aromatic rings. The van der Waals surface area contributed by atoms with Crippen molar-refractivity contribution in [2.24, 2.45) is 5.92 Å². The molecule has 0 unspecified atom stereocenters. The average Bonchev–Trinajstić information content (AvgIpc) is 2.87. The molecule has 0 atom stereocenters. The van der Waals surface area contributed by atoms with Gasteiger partial charge in [0.05, 0.1) is 12.2 Å². The molecule has 1 saturated heterocycles. The molecule has 3 heterocycles. The Balaban J connectivity index is 1.43. The molecule has 1 fully saturated rings. The highest BCUT2D eigenvalue weighted by molar-refractivity contribution is 6.06. The first kappa shape index (κ1) is 19.5. The van der Waals surface area contributed by atoms with Crippen LogP contribution in [0.5, 0.6) is 0 Å². The van der Waals surface area contributed by atoms with E-state index >= 15 is 0 Å². The average molecular weight is 383 g/mol. The fourth-order valence-electron chi connectivity index (χ4n) is 4.86. The second kappa shape index (κ2) is 9.13. The molecular formula is C24H34N2O2. The smallest absolute Gasteiger partial charge is 0.340 e. The zero-order valence-corrected chi connectivity index (χ0v) is 17.3. The summed E-state index contributed by atoms with van der Waals surface area (Å²) >= 11 is 0. The molecule has 28 heavy (non-hydrogen) atoms. The van der Waals surface area contributed by atoms with Gasteiger partial charge in [0, 0.05) is 23.1 Å². The number of benzene rings is 1. The number of nitrogens with zero attached hydrogens (tertiary/aromatic N) is 2. The maximum Gasteiger partial charge on any atom is 0.340 e. The molecule has 4 heteroatoms. The van der Waals surface area contributed by atoms with Crippen LogP contribution in [0.25, 0.3) is 10.9 Å². The summed E-state index contributed by atoms with van der Waals surface area (Å²) in [5, 5.41) is 1.07. The van der Waals surface area contributed by atoms with Crippen molar-refractivity contribution in [1.29, 1.82) is 0 Å². The van der Waals surface area contributed by atoms with E-state index in [0.29, 0.717) is 12.5 Å². The van der Waals surface area contributed by atoms with Gasteiger partial charge in [-0.2, -0.15) is 0 Å². The lowest BCUT2D eigenvalue weighted by Crippen LogP contribution is -2.36. The van der Waals surface area contributed by atoms with Crippen LogP contribution in [0.2, 0.25) is 0 Å². The lowest BCUT2D eigenvalue weighted by atomic mass is 9.97. The molecule has 2 aliphatic rings. The van der Waals surface area contributed by atoms with Gasteiger partial charge in [-0.3, -0.25) is 0 Å². The van der Waals surface area contributed by atoms with Gasteiger partial charge in [0.15, 0.2) is 0 Å². The number of aromatic nitrogens is 1. The number of fused-ring (bicyclic) bond motifs is 3. The van der Waals surface area contributed by atoms with Crippen molar-refractivity contribution in [3.05, 3.63) is 35.5 Å². The normalized spacial score (nSPS) is 18.8. The number of para-hydroxylation sites is 1. The van der Waals surface area contributed by atoms with Crippen LogP contribution >= 0.6 is 0 Å². The summed E-state index contributed by atoms with van der Waals surface area (Å²) in [4.78, 5) is 15.7. The number of likely N-dealkylation sites (tertiary alicyclic amines) is 1. The number of carbonyl (C=O) groups excluding carboxylic acids is 1. The van der Waals surface area contributed by atoms with E-state index in [0.717, 1.165) is 56.3 Å². The molecule has 4 nitrogen and oxygen atoms in total. The molecule has 0 bridgehead atoms. The van der Waals surface area contributed by atoms with E-state index in [4.69, 9.17) is 4.74 Å². The third-order valence-electron chi connectivity index (χ3n) is 6.56. The van der Waals surface area contributed by atoms with Crippen LogP contribution < -0.4 is 0 Å². The van der Waals surface area contributed by atoms with E-state index < -0.39 is 0 Å². The Hall–Kier alpha value is -1.81. The summed E-state index contributed by atoms with van der Waals surface area (Å²) < 4.78 is 8.25. The SMILES string of the molecule is CCCCN1CCC(COC(=O)c2c3n(c4ccccc24)CCCCC3)CC1. The van der Waals surface area contributed by atoms with Crippen LogP contribution in [0, 0.1) is 5.92 Å². The highest BCUT2D eigenvalue weighted by Gasteiger charge is 2.26. The molecule has 0 N–H and O–H groups in total. The monoisotopic (exact) mass is 382 g/mol. The zero-order chi connectivity index (χ0) is 19.3. The van der Waals surface area contributed by atoms with Gasteiger partial charge in [-0.05, 0) is 70.1 Å². The lowest BCUT2D eigenvalue weighted by Gasteiger charge is -2.31. The Morgan fingerprint density at radius 1 is 1.11 bits per heavy atom. The van der Waals surface area contributed by atoms with Crippen molar-refractivity contribution in [1.82, 2.24) is 9.47 Å². The number of aryl methyl sites for hydroxylation is 1. The minimum atomic E-state index is -0.111. The standard InChI is InChI=1S/C24H34N2O2/c1-2-3-14-25-16-12-19(13-17-25)18-28-24(27)23-20-9-6-7-10-21(20)26-15-8-4-5-11-22(23)26/h6-7,9-10,19H,2-5,8,11-18H2,1H3. The number of carbonyl (C=O) groups is 1. The Kier molecular flexibility index (Phi) is 6.36. The van der Waals surface area contributed by atoms with Crippen LogP contribution in [0.1, 0.15) is 67.9 Å². The number of esters is 1. The molecule has 0 spiro atoms. The Morgan fingerprint density at radius 3 is 2.75 bits per heavy atom. The van der Waals surface area contributed by atoms with E-state index in [-0.39, 0.29) is 5.97 Å². The number of ether oxygens (including phenoxy) is 1. The van der Waals surface area contributed by atoms with Gasteiger partial charge < -0.3 is 14.2 Å². The van der Waals surface area contributed by atoms with Gasteiger partial charge in [0.2, 0.25) is 0 Å². The van der Waals surface area contributed by atoms with Crippen molar-refractivity contribution in [2.45, 2.75) is 64.8 Å². The second-order valence-corrected chi connectivity index (χ2v) is 8.54. The first-order valence-corrected chi connectivity index (χ1v) is 11.3. The Labute approximate surface area is 168 Å². The van der Waals surface area contributed by atoms with Gasteiger partial charge in [-0.25, -0.2) is 4.79 Å². The van der Waals surface area contributed by atoms with Gasteiger partial charge in [0.1, 0.15) is 0 Å². The van der Waals surface area contributed by atoms with Crippen molar-refractivity contribution in [2.75, 3.05) is 26.2 Å². The molecular weight excluding hydrogens is 348 g/mol. The maximum absolute atomic E-state index is 13.1. The van der Waals surface area contributed by atoms with Crippen LogP contribution in [-0.2, 0) is 17.7 Å². The molecule has 1 aromatic carbocycles. The molecule has 0 saturated carbocycles. The van der Waals surface area contributed by atoms with Gasteiger partial charge in [0.25, 0.3) is 0 Å². The molecule has 0 aliphatic carbocycles. The van der Waals surface area contributed by atoms with E-state index in [9.17, 15) is 4.79 Å². The van der Waals surface area contributed by atoms with Crippen molar-refractivity contribution in [3.63, 3.8) is 0 Å². The summed E-state index contributed by atoms with van der Waals surface area (Å²) in [5.41, 5.74) is 3.21. The fourth-order valence-corrected chi connectivity index (χ4v) is 4.86. The first-order chi connectivity index (χ1) is 13.8. The largest absolute Gasteiger partial charge is 0.462 e. The quantitative estimate of drug-likeness (QED) is 0.657. The minimum Gasteiger partial charge on any atom is -0.462 e. The number of hydrogen-bond donors (Lipinski definition) is 0. The minimum absolute atomic E-state index is 0.111. The fraction of sp³-hybridized carbons (Fsp3) is 0.625. The van der Waals surface area contributed by atoms with Crippen molar-refractivity contribution >= 4 is 16.9 Å². The summed E-state index contributed by atoms with van der Waals surface area (Å²) in [6, 6.07) is 8.33. The number of hydrogen-bond acceptors (Lipinski definition) is 3. The number of unbranched alkanes of at least 4 members (excludes halogenated alkanes) is 1. The summed E-state index contributed by atoms with van der Waals surface area (Å²) in [6.07, 6.45) is 9.40. The first-order valence-electron chi connectivity index (χ1n) is 11.3. The predicted octanol–water partition coefficient (Wildman–Crippen LogP) is 5.04. The molecule has 1 aromatic heterocycles. The third kappa shape index (κ3) is 4.12. The third-order valence-corrected chi connectivity index (χ3v) is 6.56. The lowest BCUT2D eigenvalue weighted by molar-refractivity contribution is 0.0372. The summed E-state index contributed by atoms with van der Waals surface area (Å²) in [7, 11) is 0. The van der Waals surface area contributed by atoms with E-state index in [1.54, 1.807) is 0 Å². The van der Waals surface area contributed by atoms with E-state index in [2.05, 4.69) is 34.6 Å². The van der Waals surface area contributed by atoms with Crippen LogP contribution in [0.4, 0.5) is 0 Å². The van der Waals surface area contributed by atoms with Gasteiger partial charge >= 0.3 is 5.97 Å². The zero-order valence-electron chi connectivity index (χ0n) is 17.3. The van der Waals surface area contributed by atoms with Crippen LogP contribution in [0.15, 0.2) is 24.3 Å². The molecule has 0 radical (unpaired) electrons. The number of rotatable bonds is 6. The number of piperidine rings is 1. The van der Waals surface area contributed by atoms with E-state index in [1.165, 1.54) is 43.4 Å². The predicted molar refractivity (Wildman–Crippen MR) is 114 cm³/mol. The van der Waals surface area contributed by atoms with Crippen LogP contribution in [-0.4, -0.2) is 41.7 Å². The van der Waals surface area contributed by atoms with Crippen molar-refractivity contribution < 1.29 is 9.53 Å². The Morgan fingerprint density at radius 2 is 1.93 bits per heavy atom. The molecule has 2 aliphatic heterocycles. The second-order valence-electron chi connectivity index (χ2n) is 8.54. The van der Waals surface area contributed by atoms with Crippen LogP contribution in [0.3, 0.4) is 0 Å². The molecule has 152 valence electrons. The van der Waals surface area contributed by atoms with E-state index in [1.807, 2.05) is 6.07 Å². The Bertz CT molecular complexity index is 802. The maximum atomic E-state index is 13.1. The van der Waals surface area contributed by atoms with Gasteiger partial charge in [-0.15, -0.1) is 0 Å². The van der Waals surface area contributed by atoms with Crippen molar-refractivity contribution in [3.8, 4) is 0 Å². The molecule has 0 amide bonds. The highest BCUT2D eigenvalue weighted by Crippen LogP contribution is 2.31. The molecule has 4 rings (SSSR count). The summed E-state index contributed by atoms with van der Waals surface area (Å²) in [6.45, 7) is 7.34.